The van der Waals surface area contributed by atoms with Gasteiger partial charge in [-0.05, 0) is 26.8 Å². The van der Waals surface area contributed by atoms with Gasteiger partial charge in [0.05, 0.1) is 19.2 Å². The molecule has 3 N–H and O–H groups in total. The molecule has 144 valence electrons. The Kier molecular flexibility index (Phi) is 8.63. The van der Waals surface area contributed by atoms with Crippen LogP contribution in [-0.2, 0) is 14.3 Å². The minimum Gasteiger partial charge on any atom is -0.450 e. The Balaban J connectivity index is 2.55. The van der Waals surface area contributed by atoms with Crippen molar-refractivity contribution in [1.29, 1.82) is 0 Å². The fourth-order valence-electron chi connectivity index (χ4n) is 2.31. The number of quaternary nitrogens is 1. The molecule has 1 unspecified atom stereocenters. The number of nitrogens with one attached hydrogen (secondary N) is 3. The SMILES string of the molecule is CCOC(=O)NC(=O)C[NH+](CC)CC(=O)N[C@@H](C)c1ccc(F)cc1F. The molecule has 0 aliphatic rings. The van der Waals surface area contributed by atoms with E-state index >= 15 is 0 Å². The number of carbonyl (C=O) groups excluding carboxylic acids is 3. The molecule has 0 radical (unpaired) electrons. The zero-order valence-electron chi connectivity index (χ0n) is 15.0. The van der Waals surface area contributed by atoms with Crippen molar-refractivity contribution in [1.82, 2.24) is 10.6 Å². The maximum Gasteiger partial charge on any atom is 0.414 e. The topological polar surface area (TPSA) is 88.9 Å². The van der Waals surface area contributed by atoms with Gasteiger partial charge in [0.15, 0.2) is 13.1 Å². The summed E-state index contributed by atoms with van der Waals surface area (Å²) in [6.07, 6.45) is -0.835. The Labute approximate surface area is 150 Å². The monoisotopic (exact) mass is 372 g/mol. The number of halogens is 2. The Morgan fingerprint density at radius 2 is 1.81 bits per heavy atom. The van der Waals surface area contributed by atoms with Gasteiger partial charge in [-0.1, -0.05) is 6.07 Å². The van der Waals surface area contributed by atoms with Crippen molar-refractivity contribution in [3.8, 4) is 0 Å². The van der Waals surface area contributed by atoms with Gasteiger partial charge >= 0.3 is 6.09 Å². The molecule has 7 nitrogen and oxygen atoms in total. The van der Waals surface area contributed by atoms with Crippen LogP contribution in [0.1, 0.15) is 32.4 Å². The van der Waals surface area contributed by atoms with Crippen LogP contribution in [0.3, 0.4) is 0 Å². The third-order valence-electron chi connectivity index (χ3n) is 3.64. The molecule has 0 saturated heterocycles. The van der Waals surface area contributed by atoms with Gasteiger partial charge < -0.3 is 15.0 Å². The third-order valence-corrected chi connectivity index (χ3v) is 3.64. The van der Waals surface area contributed by atoms with Gasteiger partial charge in [-0.15, -0.1) is 0 Å². The van der Waals surface area contributed by atoms with Crippen molar-refractivity contribution in [3.63, 3.8) is 0 Å². The average molecular weight is 372 g/mol. The fraction of sp³-hybridized carbons (Fsp3) is 0.471. The van der Waals surface area contributed by atoms with Crippen molar-refractivity contribution in [3.05, 3.63) is 35.4 Å². The van der Waals surface area contributed by atoms with Gasteiger partial charge in [0.2, 0.25) is 0 Å². The zero-order valence-corrected chi connectivity index (χ0v) is 15.0. The molecule has 0 aromatic heterocycles. The lowest BCUT2D eigenvalue weighted by Gasteiger charge is -2.19. The number of likely N-dealkylation sites (N-methyl/N-ethyl adjacent to an activating group) is 1. The van der Waals surface area contributed by atoms with E-state index in [1.165, 1.54) is 6.07 Å². The van der Waals surface area contributed by atoms with Crippen LogP contribution < -0.4 is 15.5 Å². The van der Waals surface area contributed by atoms with Crippen molar-refractivity contribution in [2.45, 2.75) is 26.8 Å². The number of hydrogen-bond acceptors (Lipinski definition) is 4. The molecule has 0 bridgehead atoms. The highest BCUT2D eigenvalue weighted by atomic mass is 19.1. The van der Waals surface area contributed by atoms with E-state index in [2.05, 4.69) is 15.4 Å². The molecule has 0 fully saturated rings. The predicted molar refractivity (Wildman–Crippen MR) is 89.3 cm³/mol. The lowest BCUT2D eigenvalue weighted by atomic mass is 10.1. The Morgan fingerprint density at radius 1 is 1.15 bits per heavy atom. The summed E-state index contributed by atoms with van der Waals surface area (Å²) in [6, 6.07) is 2.48. The number of hydrogen-bond donors (Lipinski definition) is 3. The Morgan fingerprint density at radius 3 is 2.38 bits per heavy atom. The number of alkyl carbamates (subject to hydrolysis) is 1. The summed E-state index contributed by atoms with van der Waals surface area (Å²) in [5.41, 5.74) is 0.165. The van der Waals surface area contributed by atoms with Gasteiger partial charge in [-0.3, -0.25) is 14.9 Å². The second-order valence-electron chi connectivity index (χ2n) is 5.68. The summed E-state index contributed by atoms with van der Waals surface area (Å²) in [5, 5.41) is 4.67. The van der Waals surface area contributed by atoms with Crippen LogP contribution in [-0.4, -0.2) is 44.1 Å². The second-order valence-corrected chi connectivity index (χ2v) is 5.68. The van der Waals surface area contributed by atoms with Gasteiger partial charge in [-0.25, -0.2) is 13.6 Å². The number of amides is 3. The van der Waals surface area contributed by atoms with Crippen molar-refractivity contribution in [2.75, 3.05) is 26.2 Å². The maximum absolute atomic E-state index is 13.7. The number of ether oxygens (including phenoxy) is 1. The zero-order chi connectivity index (χ0) is 19.7. The summed E-state index contributed by atoms with van der Waals surface area (Å²) in [6.45, 7) is 5.44. The molecule has 1 aromatic rings. The Hall–Kier alpha value is -2.55. The van der Waals surface area contributed by atoms with E-state index in [0.29, 0.717) is 11.4 Å². The first-order valence-electron chi connectivity index (χ1n) is 8.31. The first-order valence-corrected chi connectivity index (χ1v) is 8.31. The Bertz CT molecular complexity index is 655. The normalized spacial score (nSPS) is 12.8. The maximum atomic E-state index is 13.7. The first-order chi connectivity index (χ1) is 12.3. The van der Waals surface area contributed by atoms with Crippen LogP contribution in [0.25, 0.3) is 0 Å². The van der Waals surface area contributed by atoms with Crippen LogP contribution in [0.5, 0.6) is 0 Å². The van der Waals surface area contributed by atoms with E-state index in [1.54, 1.807) is 20.8 Å². The highest BCUT2D eigenvalue weighted by Gasteiger charge is 2.21. The third kappa shape index (κ3) is 7.14. The van der Waals surface area contributed by atoms with Crippen LogP contribution in [0.2, 0.25) is 0 Å². The van der Waals surface area contributed by atoms with Crippen molar-refractivity contribution >= 4 is 17.9 Å². The fourth-order valence-corrected chi connectivity index (χ4v) is 2.31. The van der Waals surface area contributed by atoms with Crippen LogP contribution in [0.4, 0.5) is 13.6 Å². The molecular formula is C17H24F2N3O4+. The average Bonchev–Trinajstić information content (AvgIpc) is 2.53. The highest BCUT2D eigenvalue weighted by Crippen LogP contribution is 2.17. The smallest absolute Gasteiger partial charge is 0.414 e. The molecular weight excluding hydrogens is 348 g/mol. The van der Waals surface area contributed by atoms with E-state index in [4.69, 9.17) is 0 Å². The molecule has 1 aromatic carbocycles. The van der Waals surface area contributed by atoms with E-state index in [9.17, 15) is 23.2 Å². The predicted octanol–water partition coefficient (Wildman–Crippen LogP) is 0.320. The number of rotatable bonds is 8. The molecule has 0 saturated carbocycles. The molecule has 2 atom stereocenters. The van der Waals surface area contributed by atoms with Crippen LogP contribution >= 0.6 is 0 Å². The molecule has 3 amide bonds. The van der Waals surface area contributed by atoms with Crippen molar-refractivity contribution < 1.29 is 32.8 Å². The number of imide groups is 1. The molecule has 1 rings (SSSR count). The summed E-state index contributed by atoms with van der Waals surface area (Å²) in [5.74, 6) is -2.40. The van der Waals surface area contributed by atoms with Crippen LogP contribution in [0, 0.1) is 11.6 Å². The second kappa shape index (κ2) is 10.4. The van der Waals surface area contributed by atoms with Crippen LogP contribution in [0.15, 0.2) is 18.2 Å². The molecule has 0 spiro atoms. The highest BCUT2D eigenvalue weighted by molar-refractivity contribution is 5.92. The summed E-state index contributed by atoms with van der Waals surface area (Å²) < 4.78 is 31.3. The number of carbonyl (C=O) groups is 3. The van der Waals surface area contributed by atoms with E-state index < -0.39 is 35.6 Å². The number of benzene rings is 1. The lowest BCUT2D eigenvalue weighted by Crippen LogP contribution is -3.14. The molecule has 0 aliphatic carbocycles. The first kappa shape index (κ1) is 21.5. The van der Waals surface area contributed by atoms with Gasteiger partial charge in [0, 0.05) is 11.6 Å². The summed E-state index contributed by atoms with van der Waals surface area (Å²) in [7, 11) is 0. The van der Waals surface area contributed by atoms with Crippen molar-refractivity contribution in [2.24, 2.45) is 0 Å². The lowest BCUT2D eigenvalue weighted by molar-refractivity contribution is -0.881. The van der Waals surface area contributed by atoms with E-state index in [-0.39, 0.29) is 25.3 Å². The molecule has 0 heterocycles. The standard InChI is InChI=1S/C17H23F2N3O4/c1-4-22(10-16(24)21-17(25)26-5-2)9-15(23)20-11(3)13-7-6-12(18)8-14(13)19/h6-8,11H,4-5,9-10H2,1-3H3,(H,20,23)(H,21,24,25)/p+1/t11-/m0/s1. The molecule has 26 heavy (non-hydrogen) atoms. The van der Waals surface area contributed by atoms with E-state index in [0.717, 1.165) is 12.1 Å². The summed E-state index contributed by atoms with van der Waals surface area (Å²) in [4.78, 5) is 35.7. The van der Waals surface area contributed by atoms with Gasteiger partial charge in [-0.2, -0.15) is 0 Å². The minimum absolute atomic E-state index is 0.0418. The minimum atomic E-state index is -0.835. The quantitative estimate of drug-likeness (QED) is 0.613. The molecule has 9 heteroatoms. The van der Waals surface area contributed by atoms with E-state index in [1.807, 2.05) is 0 Å². The van der Waals surface area contributed by atoms with Gasteiger partial charge in [0.1, 0.15) is 11.6 Å². The largest absolute Gasteiger partial charge is 0.450 e. The summed E-state index contributed by atoms with van der Waals surface area (Å²) >= 11 is 0. The van der Waals surface area contributed by atoms with Gasteiger partial charge in [0.25, 0.3) is 11.8 Å². The molecule has 0 aliphatic heterocycles.